The zero-order valence-corrected chi connectivity index (χ0v) is 15.5. The molecule has 2 aromatic carbocycles. The van der Waals surface area contributed by atoms with Gasteiger partial charge >= 0.3 is 6.03 Å². The number of carbonyl (C=O) groups excluding carboxylic acids is 2. The van der Waals surface area contributed by atoms with E-state index in [2.05, 4.69) is 16.8 Å². The predicted octanol–water partition coefficient (Wildman–Crippen LogP) is 4.41. The molecule has 0 bridgehead atoms. The Kier molecular flexibility index (Phi) is 4.46. The summed E-state index contributed by atoms with van der Waals surface area (Å²) in [6.07, 6.45) is 3.75. The molecule has 1 aliphatic heterocycles. The van der Waals surface area contributed by atoms with Gasteiger partial charge in [0.15, 0.2) is 0 Å². The largest absolute Gasteiger partial charge is 0.347 e. The van der Waals surface area contributed by atoms with Gasteiger partial charge in [-0.25, -0.2) is 4.79 Å². The van der Waals surface area contributed by atoms with Gasteiger partial charge < -0.3 is 9.88 Å². The molecule has 1 aromatic heterocycles. The molecule has 1 fully saturated rings. The van der Waals surface area contributed by atoms with E-state index in [1.165, 1.54) is 4.90 Å². The second kappa shape index (κ2) is 6.93. The fourth-order valence-electron chi connectivity index (χ4n) is 3.29. The lowest BCUT2D eigenvalue weighted by molar-refractivity contribution is -0.123. The van der Waals surface area contributed by atoms with Crippen LogP contribution in [0.4, 0.5) is 4.79 Å². The summed E-state index contributed by atoms with van der Waals surface area (Å²) in [4.78, 5) is 26.3. The van der Waals surface area contributed by atoms with E-state index in [-0.39, 0.29) is 18.1 Å². The van der Waals surface area contributed by atoms with Crippen molar-refractivity contribution in [3.05, 3.63) is 76.6 Å². The first kappa shape index (κ1) is 17.4. The average Bonchev–Trinajstić information content (AvgIpc) is 3.16. The predicted molar refractivity (Wildman–Crippen MR) is 106 cm³/mol. The molecule has 0 unspecified atom stereocenters. The summed E-state index contributed by atoms with van der Waals surface area (Å²) >= 11 is 5.89. The highest BCUT2D eigenvalue weighted by atomic mass is 35.5. The Morgan fingerprint density at radius 2 is 1.81 bits per heavy atom. The molecule has 2 heterocycles. The summed E-state index contributed by atoms with van der Waals surface area (Å²) in [5.41, 5.74) is 3.13. The van der Waals surface area contributed by atoms with Crippen LogP contribution >= 0.6 is 11.6 Å². The number of nitrogens with one attached hydrogen (secondary N) is 1. The minimum Gasteiger partial charge on any atom is -0.347 e. The Morgan fingerprint density at radius 1 is 1.07 bits per heavy atom. The first-order valence-corrected chi connectivity index (χ1v) is 9.11. The quantitative estimate of drug-likeness (QED) is 0.539. The first-order valence-electron chi connectivity index (χ1n) is 8.73. The van der Waals surface area contributed by atoms with Gasteiger partial charge in [-0.3, -0.25) is 9.69 Å². The van der Waals surface area contributed by atoms with E-state index in [1.54, 1.807) is 30.3 Å². The summed E-state index contributed by atoms with van der Waals surface area (Å²) in [7, 11) is 0. The molecule has 136 valence electrons. The van der Waals surface area contributed by atoms with Gasteiger partial charge in [-0.1, -0.05) is 41.9 Å². The standard InChI is InChI=1S/C21H18ClN3O2/c1-2-24-13-15(17-5-3-4-6-19(17)24)11-18-20(26)25(21(27)23-18)12-14-7-9-16(22)10-8-14/h3-11,13H,2,12H2,1H3,(H,23,27)/b18-11-. The molecule has 6 heteroatoms. The van der Waals surface area contributed by atoms with E-state index in [1.807, 2.05) is 30.5 Å². The highest BCUT2D eigenvalue weighted by Gasteiger charge is 2.33. The van der Waals surface area contributed by atoms with E-state index < -0.39 is 6.03 Å². The Hall–Kier alpha value is -3.05. The minimum absolute atomic E-state index is 0.204. The molecule has 3 aromatic rings. The molecule has 0 radical (unpaired) electrons. The van der Waals surface area contributed by atoms with Gasteiger partial charge in [-0.05, 0) is 36.8 Å². The second-order valence-corrected chi connectivity index (χ2v) is 6.83. The number of benzene rings is 2. The van der Waals surface area contributed by atoms with Gasteiger partial charge in [0.1, 0.15) is 5.70 Å². The molecule has 5 nitrogen and oxygen atoms in total. The highest BCUT2D eigenvalue weighted by Crippen LogP contribution is 2.25. The molecule has 1 N–H and O–H groups in total. The van der Waals surface area contributed by atoms with Crippen molar-refractivity contribution >= 4 is 40.5 Å². The Morgan fingerprint density at radius 3 is 2.56 bits per heavy atom. The number of carbonyl (C=O) groups is 2. The topological polar surface area (TPSA) is 54.3 Å². The van der Waals surface area contributed by atoms with Crippen molar-refractivity contribution in [1.82, 2.24) is 14.8 Å². The molecule has 1 saturated heterocycles. The fourth-order valence-corrected chi connectivity index (χ4v) is 3.42. The molecule has 0 spiro atoms. The number of rotatable bonds is 4. The summed E-state index contributed by atoms with van der Waals surface area (Å²) in [6.45, 7) is 3.10. The van der Waals surface area contributed by atoms with Gasteiger partial charge in [0, 0.05) is 34.2 Å². The number of hydrogen-bond donors (Lipinski definition) is 1. The van der Waals surface area contributed by atoms with E-state index >= 15 is 0 Å². The number of halogens is 1. The van der Waals surface area contributed by atoms with Crippen LogP contribution < -0.4 is 5.32 Å². The van der Waals surface area contributed by atoms with Crippen molar-refractivity contribution in [2.45, 2.75) is 20.0 Å². The molecular weight excluding hydrogens is 362 g/mol. The summed E-state index contributed by atoms with van der Waals surface area (Å²) in [6, 6.07) is 14.7. The van der Waals surface area contributed by atoms with Crippen LogP contribution in [-0.2, 0) is 17.9 Å². The third-order valence-electron chi connectivity index (χ3n) is 4.68. The maximum Gasteiger partial charge on any atom is 0.329 e. The lowest BCUT2D eigenvalue weighted by Crippen LogP contribution is -2.30. The zero-order valence-electron chi connectivity index (χ0n) is 14.8. The number of nitrogens with zero attached hydrogens (tertiary/aromatic N) is 2. The van der Waals surface area contributed by atoms with Gasteiger partial charge in [-0.2, -0.15) is 0 Å². The summed E-state index contributed by atoms with van der Waals surface area (Å²) < 4.78 is 2.12. The molecule has 3 amide bonds. The van der Waals surface area contributed by atoms with Crippen molar-refractivity contribution in [3.63, 3.8) is 0 Å². The Balaban J connectivity index is 1.64. The van der Waals surface area contributed by atoms with Crippen LogP contribution in [0.25, 0.3) is 17.0 Å². The van der Waals surface area contributed by atoms with Crippen molar-refractivity contribution in [1.29, 1.82) is 0 Å². The number of hydrogen-bond acceptors (Lipinski definition) is 2. The van der Waals surface area contributed by atoms with E-state index in [9.17, 15) is 9.59 Å². The molecule has 0 saturated carbocycles. The van der Waals surface area contributed by atoms with Crippen molar-refractivity contribution in [2.75, 3.05) is 0 Å². The smallest absolute Gasteiger partial charge is 0.329 e. The fraction of sp³-hybridized carbons (Fsp3) is 0.143. The van der Waals surface area contributed by atoms with Crippen molar-refractivity contribution < 1.29 is 9.59 Å². The van der Waals surface area contributed by atoms with Gasteiger partial charge in [0.25, 0.3) is 5.91 Å². The normalized spacial score (nSPS) is 15.8. The molecule has 0 atom stereocenters. The van der Waals surface area contributed by atoms with Crippen molar-refractivity contribution in [2.24, 2.45) is 0 Å². The average molecular weight is 380 g/mol. The van der Waals surface area contributed by atoms with Gasteiger partial charge in [0.05, 0.1) is 6.54 Å². The third kappa shape index (κ3) is 3.22. The van der Waals surface area contributed by atoms with Crippen LogP contribution in [0, 0.1) is 0 Å². The molecule has 0 aliphatic carbocycles. The number of para-hydroxylation sites is 1. The number of amides is 3. The number of aryl methyl sites for hydroxylation is 1. The van der Waals surface area contributed by atoms with Crippen LogP contribution in [0.2, 0.25) is 5.02 Å². The lowest BCUT2D eigenvalue weighted by atomic mass is 10.1. The van der Waals surface area contributed by atoms with E-state index in [0.29, 0.717) is 5.02 Å². The number of aromatic nitrogens is 1. The summed E-state index contributed by atoms with van der Waals surface area (Å²) in [5, 5.41) is 4.35. The number of imide groups is 1. The molecular formula is C21H18ClN3O2. The number of urea groups is 1. The van der Waals surface area contributed by atoms with Crippen LogP contribution in [0.3, 0.4) is 0 Å². The summed E-state index contributed by atoms with van der Waals surface area (Å²) in [5.74, 6) is -0.330. The van der Waals surface area contributed by atoms with E-state index in [4.69, 9.17) is 11.6 Å². The lowest BCUT2D eigenvalue weighted by Gasteiger charge is -2.11. The van der Waals surface area contributed by atoms with Gasteiger partial charge in [0.2, 0.25) is 0 Å². The maximum absolute atomic E-state index is 12.7. The number of fused-ring (bicyclic) bond motifs is 1. The Bertz CT molecular complexity index is 1070. The van der Waals surface area contributed by atoms with Crippen LogP contribution in [0.5, 0.6) is 0 Å². The SMILES string of the molecule is CCn1cc(/C=C2\NC(=O)N(Cc3ccc(Cl)cc3)C2=O)c2ccccc21. The van der Waals surface area contributed by atoms with Crippen LogP contribution in [0.15, 0.2) is 60.4 Å². The third-order valence-corrected chi connectivity index (χ3v) is 4.93. The first-order chi connectivity index (χ1) is 13.1. The molecule has 4 rings (SSSR count). The van der Waals surface area contributed by atoms with Crippen molar-refractivity contribution in [3.8, 4) is 0 Å². The van der Waals surface area contributed by atoms with Crippen LogP contribution in [0.1, 0.15) is 18.1 Å². The van der Waals surface area contributed by atoms with Gasteiger partial charge in [-0.15, -0.1) is 0 Å². The zero-order chi connectivity index (χ0) is 19.0. The Labute approximate surface area is 161 Å². The monoisotopic (exact) mass is 379 g/mol. The minimum atomic E-state index is -0.416. The highest BCUT2D eigenvalue weighted by molar-refractivity contribution is 6.30. The van der Waals surface area contributed by atoms with E-state index in [0.717, 1.165) is 28.6 Å². The second-order valence-electron chi connectivity index (χ2n) is 6.39. The molecule has 27 heavy (non-hydrogen) atoms. The maximum atomic E-state index is 12.7. The van der Waals surface area contributed by atoms with Crippen LogP contribution in [-0.4, -0.2) is 21.4 Å². The molecule has 1 aliphatic rings.